The number of fused-ring (bicyclic) bond motifs is 3. The van der Waals surface area contributed by atoms with E-state index < -0.39 is 0 Å². The summed E-state index contributed by atoms with van der Waals surface area (Å²) in [6.07, 6.45) is 1.92. The molecule has 0 radical (unpaired) electrons. The molecule has 0 spiro atoms. The van der Waals surface area contributed by atoms with Gasteiger partial charge in [-0.2, -0.15) is 0 Å². The predicted octanol–water partition coefficient (Wildman–Crippen LogP) is 20.6. The van der Waals surface area contributed by atoms with E-state index in [1.54, 1.807) is 0 Å². The van der Waals surface area contributed by atoms with Gasteiger partial charge in [-0.3, -0.25) is 4.57 Å². The van der Waals surface area contributed by atoms with Crippen molar-refractivity contribution in [3.63, 3.8) is 0 Å². The Kier molecular flexibility index (Phi) is 13.8. The molecule has 9 rings (SSSR count). The summed E-state index contributed by atoms with van der Waals surface area (Å²) in [6, 6.07) is 55.6. The van der Waals surface area contributed by atoms with Gasteiger partial charge in [-0.25, -0.2) is 4.98 Å². The molecule has 0 saturated heterocycles. The highest BCUT2D eigenvalue weighted by atomic mass is 16.5. The smallest absolute Gasteiger partial charge is 0.137 e. The Labute approximate surface area is 455 Å². The zero-order chi connectivity index (χ0) is 54.9. The van der Waals surface area contributed by atoms with E-state index in [0.29, 0.717) is 0 Å². The molecular weight excluding hydrogens is 925 g/mol. The third-order valence-electron chi connectivity index (χ3n) is 15.0. The third kappa shape index (κ3) is 11.4. The largest absolute Gasteiger partial charge is 0.457 e. The molecule has 7 aromatic carbocycles. The first-order valence-corrected chi connectivity index (χ1v) is 27.3. The summed E-state index contributed by atoms with van der Waals surface area (Å²) in [5, 5.41) is 10.3. The van der Waals surface area contributed by atoms with Crippen LogP contribution in [0.4, 0.5) is 22.7 Å². The lowest BCUT2D eigenvalue weighted by Crippen LogP contribution is -2.17. The number of anilines is 4. The van der Waals surface area contributed by atoms with Crippen LogP contribution in [0.5, 0.6) is 11.5 Å². The van der Waals surface area contributed by atoms with Crippen LogP contribution < -0.4 is 15.4 Å². The second kappa shape index (κ2) is 19.5. The van der Waals surface area contributed by atoms with Crippen LogP contribution in [0.3, 0.4) is 0 Å². The Morgan fingerprint density at radius 3 is 1.36 bits per heavy atom. The minimum Gasteiger partial charge on any atom is -0.457 e. The van der Waals surface area contributed by atoms with Crippen LogP contribution in [0.25, 0.3) is 49.9 Å². The maximum absolute atomic E-state index is 6.77. The van der Waals surface area contributed by atoms with Crippen LogP contribution in [-0.2, 0) is 32.5 Å². The van der Waals surface area contributed by atoms with E-state index in [2.05, 4.69) is 285 Å². The molecule has 2 heterocycles. The molecule has 0 saturated carbocycles. The molecule has 2 N–H and O–H groups in total. The first kappa shape index (κ1) is 53.7. The van der Waals surface area contributed by atoms with Gasteiger partial charge in [0, 0.05) is 45.9 Å². The number of benzene rings is 7. The minimum atomic E-state index is -0.128. The molecule has 9 aromatic rings. The molecule has 5 nitrogen and oxygen atoms in total. The Hall–Kier alpha value is -7.11. The fourth-order valence-electron chi connectivity index (χ4n) is 10.00. The van der Waals surface area contributed by atoms with Crippen molar-refractivity contribution in [1.82, 2.24) is 9.55 Å². The number of ether oxygens (including phenoxy) is 1. The highest BCUT2D eigenvalue weighted by Crippen LogP contribution is 2.47. The first-order chi connectivity index (χ1) is 35.4. The maximum atomic E-state index is 6.77. The Morgan fingerprint density at radius 1 is 0.368 bits per heavy atom. The molecule has 0 fully saturated rings. The lowest BCUT2D eigenvalue weighted by atomic mass is 9.76. The zero-order valence-corrected chi connectivity index (χ0v) is 48.8. The van der Waals surface area contributed by atoms with Gasteiger partial charge in [0.05, 0.1) is 28.1 Å². The van der Waals surface area contributed by atoms with Crippen LogP contribution in [0.2, 0.25) is 0 Å². The molecule has 5 heteroatoms. The summed E-state index contributed by atoms with van der Waals surface area (Å²) < 4.78 is 9.03. The highest BCUT2D eigenvalue weighted by Gasteiger charge is 2.28. The predicted molar refractivity (Wildman–Crippen MR) is 328 cm³/mol. The van der Waals surface area contributed by atoms with Gasteiger partial charge in [0.1, 0.15) is 17.3 Å². The monoisotopic (exact) mass is 1010 g/mol. The van der Waals surface area contributed by atoms with Crippen molar-refractivity contribution in [3.05, 3.63) is 191 Å². The van der Waals surface area contributed by atoms with Gasteiger partial charge in [0.2, 0.25) is 0 Å². The number of para-hydroxylation sites is 3. The fraction of sp³-hybridized carbons (Fsp3) is 0.338. The average Bonchev–Trinajstić information content (AvgIpc) is 3.67. The molecule has 0 atom stereocenters. The number of nitrogens with one attached hydrogen (secondary N) is 2. The summed E-state index contributed by atoms with van der Waals surface area (Å²) in [7, 11) is 0. The molecule has 0 amide bonds. The van der Waals surface area contributed by atoms with Crippen molar-refractivity contribution < 1.29 is 4.74 Å². The van der Waals surface area contributed by atoms with Crippen molar-refractivity contribution >= 4 is 44.6 Å². The summed E-state index contributed by atoms with van der Waals surface area (Å²) in [6.45, 7) is 41.6. The van der Waals surface area contributed by atoms with Crippen molar-refractivity contribution in [3.8, 4) is 39.6 Å². The third-order valence-corrected chi connectivity index (χ3v) is 15.0. The zero-order valence-electron chi connectivity index (χ0n) is 48.8. The van der Waals surface area contributed by atoms with E-state index >= 15 is 0 Å². The van der Waals surface area contributed by atoms with E-state index in [0.717, 1.165) is 56.5 Å². The average molecular weight is 1010 g/mol. The van der Waals surface area contributed by atoms with E-state index in [-0.39, 0.29) is 32.5 Å². The summed E-state index contributed by atoms with van der Waals surface area (Å²) in [5.41, 5.74) is 18.2. The normalized spacial score (nSPS) is 12.9. The molecule has 0 aliphatic rings. The SMILES string of the molecule is CC(C)(C)c1cc(-c2cc(C(C)(C)C)cc(-c3cc(C(C)(C)C)cc(C(C)(C)C)c3)c2Nc2ccccc2Nc2cccc(Oc3ccc4c5ccccc5n(-c5cc(C(C)(C)C)ccn5)c4c3)c2)cc(C(C)(C)C)c1. The fourth-order valence-corrected chi connectivity index (χ4v) is 10.00. The molecule has 2 aromatic heterocycles. The van der Waals surface area contributed by atoms with Crippen molar-refractivity contribution in [2.75, 3.05) is 10.6 Å². The number of aromatic nitrogens is 2. The lowest BCUT2D eigenvalue weighted by Gasteiger charge is -2.30. The minimum absolute atomic E-state index is 0.0197. The lowest BCUT2D eigenvalue weighted by molar-refractivity contribution is 0.483. The molecule has 0 aliphatic heterocycles. The van der Waals surface area contributed by atoms with E-state index in [1.165, 1.54) is 61.0 Å². The van der Waals surface area contributed by atoms with Gasteiger partial charge in [0.15, 0.2) is 0 Å². The standard InChI is InChI=1S/C71H82N4O/c1-66(2,3)47-32-33-72-64(42-47)75-62-29-22-19-26-56(62)57-31-30-55(44-63(57)75)76-54-25-23-24-53(43-54)73-60-27-20-21-28-61(60)74-65-58(45-34-48(67(4,5)6)38-49(35-45)68(7,8)9)40-52(71(16,17)18)41-59(65)46-36-50(69(10,11)12)39-51(37-46)70(13,14)15/h19-44,73-74H,1-18H3. The molecule has 0 unspecified atom stereocenters. The van der Waals surface area contributed by atoms with E-state index in [9.17, 15) is 0 Å². The Morgan fingerprint density at radius 2 is 0.829 bits per heavy atom. The van der Waals surface area contributed by atoms with Gasteiger partial charge in [0.25, 0.3) is 0 Å². The van der Waals surface area contributed by atoms with Crippen molar-refractivity contribution in [1.29, 1.82) is 0 Å². The molecule has 0 aliphatic carbocycles. The number of hydrogen-bond acceptors (Lipinski definition) is 4. The highest BCUT2D eigenvalue weighted by molar-refractivity contribution is 6.09. The van der Waals surface area contributed by atoms with Crippen molar-refractivity contribution in [2.45, 2.75) is 157 Å². The number of nitrogens with zero attached hydrogens (tertiary/aromatic N) is 2. The number of pyridine rings is 1. The van der Waals surface area contributed by atoms with E-state index in [4.69, 9.17) is 9.72 Å². The first-order valence-electron chi connectivity index (χ1n) is 27.3. The van der Waals surface area contributed by atoms with Crippen LogP contribution in [0, 0.1) is 0 Å². The van der Waals surface area contributed by atoms with E-state index in [1.807, 2.05) is 12.3 Å². The second-order valence-electron chi connectivity index (χ2n) is 27.4. The molecule has 76 heavy (non-hydrogen) atoms. The van der Waals surface area contributed by atoms with Gasteiger partial charge >= 0.3 is 0 Å². The summed E-state index contributed by atoms with van der Waals surface area (Å²) >= 11 is 0. The van der Waals surface area contributed by atoms with Crippen molar-refractivity contribution in [2.24, 2.45) is 0 Å². The molecule has 392 valence electrons. The molecular formula is C71H82N4O. The quantitative estimate of drug-likeness (QED) is 0.151. The number of hydrogen-bond donors (Lipinski definition) is 2. The van der Waals surface area contributed by atoms with Crippen LogP contribution in [0.1, 0.15) is 158 Å². The van der Waals surface area contributed by atoms with Gasteiger partial charge in [-0.1, -0.05) is 197 Å². The van der Waals surface area contributed by atoms with Gasteiger partial charge < -0.3 is 15.4 Å². The Bertz CT molecular complexity index is 3460. The van der Waals surface area contributed by atoms with Crippen LogP contribution in [-0.4, -0.2) is 9.55 Å². The van der Waals surface area contributed by atoms with Crippen LogP contribution >= 0.6 is 0 Å². The van der Waals surface area contributed by atoms with Gasteiger partial charge in [-0.15, -0.1) is 0 Å². The molecule has 0 bridgehead atoms. The topological polar surface area (TPSA) is 51.1 Å². The Balaban J connectivity index is 1.16. The van der Waals surface area contributed by atoms with Crippen LogP contribution in [0.15, 0.2) is 158 Å². The van der Waals surface area contributed by atoms with Gasteiger partial charge in [-0.05, 0) is 144 Å². The number of rotatable bonds is 9. The maximum Gasteiger partial charge on any atom is 0.137 e. The summed E-state index contributed by atoms with van der Waals surface area (Å²) in [5.74, 6) is 2.37. The second-order valence-corrected chi connectivity index (χ2v) is 27.4. The summed E-state index contributed by atoms with van der Waals surface area (Å²) in [4.78, 5) is 4.90.